The van der Waals surface area contributed by atoms with Crippen molar-refractivity contribution in [1.82, 2.24) is 15.6 Å². The SMILES string of the molecule is CN/C=C\C(=N)NC(=O)c1cc(OCc2csc(C)n2)c2c(c1)OC(C)(C)C2. The third-order valence-corrected chi connectivity index (χ3v) is 4.95. The van der Waals surface area contributed by atoms with E-state index in [1.165, 1.54) is 6.08 Å². The van der Waals surface area contributed by atoms with Gasteiger partial charge in [0.25, 0.3) is 5.91 Å². The Hall–Kier alpha value is -2.87. The van der Waals surface area contributed by atoms with Gasteiger partial charge in [-0.2, -0.15) is 0 Å². The molecule has 8 heteroatoms. The lowest BCUT2D eigenvalue weighted by molar-refractivity contribution is 0.0974. The van der Waals surface area contributed by atoms with E-state index in [9.17, 15) is 4.79 Å². The number of nitrogens with one attached hydrogen (secondary N) is 3. The lowest BCUT2D eigenvalue weighted by atomic mass is 9.99. The average molecular weight is 401 g/mol. The molecule has 1 aromatic heterocycles. The summed E-state index contributed by atoms with van der Waals surface area (Å²) in [5, 5.41) is 16.1. The second-order valence-corrected chi connectivity index (χ2v) is 8.19. The van der Waals surface area contributed by atoms with Gasteiger partial charge in [0.05, 0.1) is 10.7 Å². The topological polar surface area (TPSA) is 96.3 Å². The molecule has 0 radical (unpaired) electrons. The van der Waals surface area contributed by atoms with Crippen molar-refractivity contribution in [3.63, 3.8) is 0 Å². The first-order chi connectivity index (χ1) is 13.3. The number of fused-ring (bicyclic) bond motifs is 1. The highest BCUT2D eigenvalue weighted by molar-refractivity contribution is 7.09. The summed E-state index contributed by atoms with van der Waals surface area (Å²) in [5.41, 5.74) is 1.81. The van der Waals surface area contributed by atoms with Crippen molar-refractivity contribution in [3.8, 4) is 11.5 Å². The average Bonchev–Trinajstić information content (AvgIpc) is 3.18. The van der Waals surface area contributed by atoms with Crippen LogP contribution in [0.4, 0.5) is 0 Å². The van der Waals surface area contributed by atoms with E-state index in [-0.39, 0.29) is 11.4 Å². The maximum atomic E-state index is 12.6. The second kappa shape index (κ2) is 8.02. The molecule has 0 spiro atoms. The van der Waals surface area contributed by atoms with Crippen LogP contribution < -0.4 is 20.1 Å². The fraction of sp³-hybridized carbons (Fsp3) is 0.350. The molecule has 148 valence electrons. The molecule has 0 atom stereocenters. The lowest BCUT2D eigenvalue weighted by Crippen LogP contribution is -2.28. The highest BCUT2D eigenvalue weighted by Gasteiger charge is 2.33. The number of thiazole rings is 1. The van der Waals surface area contributed by atoms with Crippen LogP contribution in [-0.2, 0) is 13.0 Å². The fourth-order valence-corrected chi connectivity index (χ4v) is 3.53. The first-order valence-corrected chi connectivity index (χ1v) is 9.79. The highest BCUT2D eigenvalue weighted by atomic mass is 32.1. The van der Waals surface area contributed by atoms with Gasteiger partial charge in [-0.05, 0) is 45.2 Å². The van der Waals surface area contributed by atoms with Crippen molar-refractivity contribution in [1.29, 1.82) is 5.41 Å². The van der Waals surface area contributed by atoms with Crippen molar-refractivity contribution >= 4 is 23.1 Å². The number of amides is 1. The number of hydrogen-bond donors (Lipinski definition) is 3. The maximum Gasteiger partial charge on any atom is 0.257 e. The van der Waals surface area contributed by atoms with E-state index in [0.717, 1.165) is 16.3 Å². The van der Waals surface area contributed by atoms with E-state index in [2.05, 4.69) is 15.6 Å². The van der Waals surface area contributed by atoms with Gasteiger partial charge in [-0.3, -0.25) is 10.2 Å². The summed E-state index contributed by atoms with van der Waals surface area (Å²) in [6.07, 6.45) is 3.73. The quantitative estimate of drug-likeness (QED) is 0.511. The standard InChI is InChI=1S/C20H24N4O3S/c1-12-23-14(11-28-12)10-26-16-7-13(19(25)24-18(21)5-6-22-4)8-17-15(16)9-20(2,3)27-17/h5-8,11,22H,9-10H2,1-4H3,(H2,21,24,25)/b6-5-. The minimum atomic E-state index is -0.392. The Morgan fingerprint density at radius 2 is 2.25 bits per heavy atom. The normalized spacial score (nSPS) is 14.4. The zero-order valence-electron chi connectivity index (χ0n) is 16.4. The van der Waals surface area contributed by atoms with E-state index >= 15 is 0 Å². The summed E-state index contributed by atoms with van der Waals surface area (Å²) in [4.78, 5) is 17.0. The summed E-state index contributed by atoms with van der Waals surface area (Å²) in [7, 11) is 1.72. The Morgan fingerprint density at radius 1 is 1.46 bits per heavy atom. The second-order valence-electron chi connectivity index (χ2n) is 7.13. The van der Waals surface area contributed by atoms with Crippen LogP contribution in [-0.4, -0.2) is 29.4 Å². The molecule has 28 heavy (non-hydrogen) atoms. The smallest absolute Gasteiger partial charge is 0.257 e. The molecule has 1 aromatic carbocycles. The number of rotatable bonds is 6. The predicted octanol–water partition coefficient (Wildman–Crippen LogP) is 3.18. The summed E-state index contributed by atoms with van der Waals surface area (Å²) in [5.74, 6) is 0.841. The van der Waals surface area contributed by atoms with Gasteiger partial charge in [-0.1, -0.05) is 0 Å². The predicted molar refractivity (Wildman–Crippen MR) is 109 cm³/mol. The molecule has 3 N–H and O–H groups in total. The van der Waals surface area contributed by atoms with Crippen LogP contribution in [0.5, 0.6) is 11.5 Å². The van der Waals surface area contributed by atoms with Crippen LogP contribution in [0.3, 0.4) is 0 Å². The third-order valence-electron chi connectivity index (χ3n) is 4.13. The summed E-state index contributed by atoms with van der Waals surface area (Å²) < 4.78 is 12.0. The number of carbonyl (C=O) groups is 1. The Bertz CT molecular complexity index is 934. The molecule has 0 unspecified atom stereocenters. The van der Waals surface area contributed by atoms with Gasteiger partial charge in [0.15, 0.2) is 0 Å². The van der Waals surface area contributed by atoms with Crippen molar-refractivity contribution in [3.05, 3.63) is 51.6 Å². The summed E-state index contributed by atoms with van der Waals surface area (Å²) >= 11 is 1.57. The first-order valence-electron chi connectivity index (χ1n) is 8.91. The Labute approximate surface area is 168 Å². The zero-order chi connectivity index (χ0) is 20.3. The monoisotopic (exact) mass is 400 g/mol. The molecule has 1 aliphatic rings. The number of nitrogens with zero attached hydrogens (tertiary/aromatic N) is 1. The molecule has 2 heterocycles. The van der Waals surface area contributed by atoms with Gasteiger partial charge < -0.3 is 20.1 Å². The molecule has 0 bridgehead atoms. The molecule has 0 saturated carbocycles. The Morgan fingerprint density at radius 3 is 2.93 bits per heavy atom. The Kier molecular flexibility index (Phi) is 5.69. The molecule has 2 aromatic rings. The summed E-state index contributed by atoms with van der Waals surface area (Å²) in [6.45, 7) is 6.27. The Balaban J connectivity index is 1.84. The molecule has 7 nitrogen and oxygen atoms in total. The molecule has 0 saturated heterocycles. The molecule has 1 amide bonds. The van der Waals surface area contributed by atoms with Crippen LogP contribution in [0.2, 0.25) is 0 Å². The van der Waals surface area contributed by atoms with Gasteiger partial charge in [-0.25, -0.2) is 4.98 Å². The van der Waals surface area contributed by atoms with Crippen molar-refractivity contribution in [2.75, 3.05) is 7.05 Å². The number of ether oxygens (including phenoxy) is 2. The zero-order valence-corrected chi connectivity index (χ0v) is 17.2. The maximum absolute atomic E-state index is 12.6. The number of benzene rings is 1. The largest absolute Gasteiger partial charge is 0.487 e. The van der Waals surface area contributed by atoms with E-state index in [1.807, 2.05) is 26.2 Å². The van der Waals surface area contributed by atoms with E-state index in [4.69, 9.17) is 14.9 Å². The van der Waals surface area contributed by atoms with Crippen LogP contribution in [0.1, 0.15) is 40.5 Å². The molecule has 0 fully saturated rings. The number of aryl methyl sites for hydroxylation is 1. The van der Waals surface area contributed by atoms with E-state index < -0.39 is 5.91 Å². The molecule has 3 rings (SSSR count). The van der Waals surface area contributed by atoms with Gasteiger partial charge in [0, 0.05) is 30.0 Å². The van der Waals surface area contributed by atoms with Crippen LogP contribution in [0, 0.1) is 12.3 Å². The van der Waals surface area contributed by atoms with Gasteiger partial charge in [-0.15, -0.1) is 11.3 Å². The van der Waals surface area contributed by atoms with Gasteiger partial charge in [0.1, 0.15) is 29.5 Å². The highest BCUT2D eigenvalue weighted by Crippen LogP contribution is 2.41. The van der Waals surface area contributed by atoms with Crippen molar-refractivity contribution < 1.29 is 14.3 Å². The lowest BCUT2D eigenvalue weighted by Gasteiger charge is -2.16. The van der Waals surface area contributed by atoms with Crippen LogP contribution in [0.15, 0.2) is 29.8 Å². The van der Waals surface area contributed by atoms with Gasteiger partial charge in [0.2, 0.25) is 0 Å². The number of aromatic nitrogens is 1. The number of amidine groups is 1. The minimum Gasteiger partial charge on any atom is -0.487 e. The molecule has 1 aliphatic heterocycles. The third kappa shape index (κ3) is 4.69. The van der Waals surface area contributed by atoms with E-state index in [1.54, 1.807) is 36.7 Å². The first kappa shape index (κ1) is 19.9. The van der Waals surface area contributed by atoms with Gasteiger partial charge >= 0.3 is 0 Å². The van der Waals surface area contributed by atoms with Crippen molar-refractivity contribution in [2.45, 2.75) is 39.4 Å². The summed E-state index contributed by atoms with van der Waals surface area (Å²) in [6, 6.07) is 3.40. The number of carbonyl (C=O) groups excluding carboxylic acids is 1. The fourth-order valence-electron chi connectivity index (χ4n) is 2.93. The van der Waals surface area contributed by atoms with Crippen LogP contribution in [0.25, 0.3) is 0 Å². The molecular weight excluding hydrogens is 376 g/mol. The van der Waals surface area contributed by atoms with Crippen molar-refractivity contribution in [2.24, 2.45) is 0 Å². The minimum absolute atomic E-state index is 0.0125. The van der Waals surface area contributed by atoms with Crippen LogP contribution >= 0.6 is 11.3 Å². The number of hydrogen-bond acceptors (Lipinski definition) is 7. The van der Waals surface area contributed by atoms with E-state index in [0.29, 0.717) is 30.1 Å². The molecular formula is C20H24N4O3S. The molecule has 0 aliphatic carbocycles.